The summed E-state index contributed by atoms with van der Waals surface area (Å²) in [6, 6.07) is 6.14. The average Bonchev–Trinajstić information content (AvgIpc) is 2.34. The van der Waals surface area contributed by atoms with E-state index in [0.29, 0.717) is 0 Å². The van der Waals surface area contributed by atoms with Gasteiger partial charge in [0, 0.05) is 6.42 Å². The number of benzene rings is 1. The van der Waals surface area contributed by atoms with Crippen LogP contribution in [-0.2, 0) is 11.2 Å². The van der Waals surface area contributed by atoms with E-state index in [9.17, 15) is 4.79 Å². The Labute approximate surface area is 114 Å². The van der Waals surface area contributed by atoms with Crippen LogP contribution in [0.1, 0.15) is 24.5 Å². The van der Waals surface area contributed by atoms with Crippen molar-refractivity contribution in [1.29, 1.82) is 0 Å². The third-order valence-corrected chi connectivity index (χ3v) is 3.02. The number of methoxy groups -OCH3 is 1. The highest BCUT2D eigenvalue weighted by Gasteiger charge is 2.07. The molecule has 1 atom stereocenters. The third kappa shape index (κ3) is 5.75. The molecule has 4 nitrogen and oxygen atoms in total. The highest BCUT2D eigenvalue weighted by molar-refractivity contribution is 5.66. The van der Waals surface area contributed by atoms with Crippen LogP contribution in [0.4, 0.5) is 0 Å². The molecule has 0 aromatic heterocycles. The molecule has 0 aliphatic rings. The van der Waals surface area contributed by atoms with Crippen molar-refractivity contribution in [2.24, 2.45) is 5.92 Å². The van der Waals surface area contributed by atoms with E-state index in [4.69, 9.17) is 9.84 Å². The molecule has 1 unspecified atom stereocenters. The van der Waals surface area contributed by atoms with Crippen molar-refractivity contribution < 1.29 is 14.6 Å². The fourth-order valence-corrected chi connectivity index (χ4v) is 2.04. The Morgan fingerprint density at radius 1 is 1.47 bits per heavy atom. The topological polar surface area (TPSA) is 58.6 Å². The molecule has 0 amide bonds. The third-order valence-electron chi connectivity index (χ3n) is 3.02. The molecule has 0 saturated heterocycles. The second-order valence-electron chi connectivity index (χ2n) is 4.97. The largest absolute Gasteiger partial charge is 0.496 e. The minimum Gasteiger partial charge on any atom is -0.496 e. The van der Waals surface area contributed by atoms with Gasteiger partial charge in [-0.2, -0.15) is 0 Å². The second-order valence-corrected chi connectivity index (χ2v) is 4.97. The predicted molar refractivity (Wildman–Crippen MR) is 75.7 cm³/mol. The normalized spacial score (nSPS) is 12.2. The number of nitrogens with one attached hydrogen (secondary N) is 1. The van der Waals surface area contributed by atoms with Gasteiger partial charge in [0.1, 0.15) is 5.75 Å². The molecule has 0 fully saturated rings. The number of hydrogen-bond donors (Lipinski definition) is 2. The highest BCUT2D eigenvalue weighted by Crippen LogP contribution is 2.19. The highest BCUT2D eigenvalue weighted by atomic mass is 16.5. The zero-order valence-corrected chi connectivity index (χ0v) is 11.9. The number of carboxylic acid groups (broad SMARTS) is 1. The van der Waals surface area contributed by atoms with Crippen LogP contribution < -0.4 is 10.1 Å². The SMILES string of the molecule is COc1ccc(C)cc1CCNCC(C)CC(=O)O. The summed E-state index contributed by atoms with van der Waals surface area (Å²) in [5.74, 6) is 0.317. The van der Waals surface area contributed by atoms with Gasteiger partial charge in [-0.15, -0.1) is 0 Å². The Morgan fingerprint density at radius 2 is 2.21 bits per heavy atom. The quantitative estimate of drug-likeness (QED) is 0.708. The molecule has 2 N–H and O–H groups in total. The maximum absolute atomic E-state index is 10.5. The zero-order chi connectivity index (χ0) is 14.3. The standard InChI is InChI=1S/C15H23NO3/c1-11-4-5-14(19-3)13(8-11)6-7-16-10-12(2)9-15(17)18/h4-5,8,12,16H,6-7,9-10H2,1-3H3,(H,17,18). The Kier molecular flexibility index (Phi) is 6.36. The van der Waals surface area contributed by atoms with Crippen molar-refractivity contribution in [3.05, 3.63) is 29.3 Å². The maximum atomic E-state index is 10.5. The van der Waals surface area contributed by atoms with Gasteiger partial charge in [0.25, 0.3) is 0 Å². The number of rotatable bonds is 8. The van der Waals surface area contributed by atoms with Gasteiger partial charge >= 0.3 is 5.97 Å². The van der Waals surface area contributed by atoms with Crippen LogP contribution in [0.25, 0.3) is 0 Å². The summed E-state index contributed by atoms with van der Waals surface area (Å²) < 4.78 is 5.33. The fourth-order valence-electron chi connectivity index (χ4n) is 2.04. The molecular weight excluding hydrogens is 242 g/mol. The molecule has 0 spiro atoms. The van der Waals surface area contributed by atoms with Gasteiger partial charge in [-0.25, -0.2) is 0 Å². The number of aliphatic carboxylic acids is 1. The van der Waals surface area contributed by atoms with Gasteiger partial charge in [-0.05, 0) is 44.0 Å². The first-order valence-corrected chi connectivity index (χ1v) is 6.59. The van der Waals surface area contributed by atoms with Crippen LogP contribution >= 0.6 is 0 Å². The van der Waals surface area contributed by atoms with E-state index in [1.165, 1.54) is 11.1 Å². The average molecular weight is 265 g/mol. The lowest BCUT2D eigenvalue weighted by molar-refractivity contribution is -0.137. The van der Waals surface area contributed by atoms with Gasteiger partial charge in [0.05, 0.1) is 7.11 Å². The lowest BCUT2D eigenvalue weighted by atomic mass is 10.1. The van der Waals surface area contributed by atoms with E-state index in [2.05, 4.69) is 18.3 Å². The maximum Gasteiger partial charge on any atom is 0.303 e. The van der Waals surface area contributed by atoms with Crippen LogP contribution in [0, 0.1) is 12.8 Å². The van der Waals surface area contributed by atoms with E-state index in [1.54, 1.807) is 7.11 Å². The Bertz CT molecular complexity index is 418. The predicted octanol–water partition coefficient (Wildman–Crippen LogP) is 2.25. The van der Waals surface area contributed by atoms with Crippen LogP contribution in [-0.4, -0.2) is 31.3 Å². The minimum absolute atomic E-state index is 0.150. The van der Waals surface area contributed by atoms with E-state index in [0.717, 1.165) is 25.3 Å². The zero-order valence-electron chi connectivity index (χ0n) is 11.9. The van der Waals surface area contributed by atoms with Gasteiger partial charge in [-0.3, -0.25) is 4.79 Å². The molecule has 4 heteroatoms. The number of ether oxygens (including phenoxy) is 1. The first kappa shape index (κ1) is 15.5. The summed E-state index contributed by atoms with van der Waals surface area (Å²) in [5, 5.41) is 12.0. The van der Waals surface area contributed by atoms with Crippen molar-refractivity contribution >= 4 is 5.97 Å². The van der Waals surface area contributed by atoms with Crippen LogP contribution in [0.5, 0.6) is 5.75 Å². The van der Waals surface area contributed by atoms with E-state index < -0.39 is 5.97 Å². The molecule has 19 heavy (non-hydrogen) atoms. The van der Waals surface area contributed by atoms with Crippen LogP contribution in [0.2, 0.25) is 0 Å². The summed E-state index contributed by atoms with van der Waals surface area (Å²) in [6.07, 6.45) is 1.09. The van der Waals surface area contributed by atoms with Gasteiger partial charge in [-0.1, -0.05) is 24.6 Å². The van der Waals surface area contributed by atoms with Crippen molar-refractivity contribution in [1.82, 2.24) is 5.32 Å². The molecule has 1 aromatic rings. The summed E-state index contributed by atoms with van der Waals surface area (Å²) in [6.45, 7) is 5.55. The first-order chi connectivity index (χ1) is 9.02. The molecule has 0 radical (unpaired) electrons. The smallest absolute Gasteiger partial charge is 0.303 e. The monoisotopic (exact) mass is 265 g/mol. The first-order valence-electron chi connectivity index (χ1n) is 6.59. The van der Waals surface area contributed by atoms with Gasteiger partial charge in [0.2, 0.25) is 0 Å². The fraction of sp³-hybridized carbons (Fsp3) is 0.533. The summed E-state index contributed by atoms with van der Waals surface area (Å²) in [4.78, 5) is 10.5. The molecule has 0 aliphatic carbocycles. The Hall–Kier alpha value is -1.55. The Balaban J connectivity index is 2.37. The van der Waals surface area contributed by atoms with E-state index in [1.807, 2.05) is 19.1 Å². The van der Waals surface area contributed by atoms with Crippen molar-refractivity contribution in [2.75, 3.05) is 20.2 Å². The Morgan fingerprint density at radius 3 is 2.84 bits per heavy atom. The van der Waals surface area contributed by atoms with Crippen molar-refractivity contribution in [3.8, 4) is 5.75 Å². The molecule has 0 aliphatic heterocycles. The van der Waals surface area contributed by atoms with Crippen molar-refractivity contribution in [3.63, 3.8) is 0 Å². The summed E-state index contributed by atoms with van der Waals surface area (Å²) >= 11 is 0. The summed E-state index contributed by atoms with van der Waals surface area (Å²) in [7, 11) is 1.68. The minimum atomic E-state index is -0.741. The molecule has 0 saturated carbocycles. The second kappa shape index (κ2) is 7.79. The molecule has 0 bridgehead atoms. The molecule has 1 rings (SSSR count). The van der Waals surface area contributed by atoms with Crippen molar-refractivity contribution in [2.45, 2.75) is 26.7 Å². The van der Waals surface area contributed by atoms with Gasteiger partial charge < -0.3 is 15.2 Å². The van der Waals surface area contributed by atoms with E-state index in [-0.39, 0.29) is 12.3 Å². The van der Waals surface area contributed by atoms with Crippen LogP contribution in [0.15, 0.2) is 18.2 Å². The molecule has 1 aromatic carbocycles. The summed E-state index contributed by atoms with van der Waals surface area (Å²) in [5.41, 5.74) is 2.40. The lowest BCUT2D eigenvalue weighted by Gasteiger charge is -2.12. The molecule has 106 valence electrons. The number of hydrogen-bond acceptors (Lipinski definition) is 3. The van der Waals surface area contributed by atoms with Gasteiger partial charge in [0.15, 0.2) is 0 Å². The molecular formula is C15H23NO3. The van der Waals surface area contributed by atoms with E-state index >= 15 is 0 Å². The van der Waals surface area contributed by atoms with Crippen LogP contribution in [0.3, 0.4) is 0 Å². The number of aryl methyl sites for hydroxylation is 1. The number of carbonyl (C=O) groups is 1. The lowest BCUT2D eigenvalue weighted by Crippen LogP contribution is -2.25. The molecule has 0 heterocycles. The number of carboxylic acids is 1.